The van der Waals surface area contributed by atoms with Crippen LogP contribution in [0.25, 0.3) is 50.3 Å². The summed E-state index contributed by atoms with van der Waals surface area (Å²) in [5.41, 5.74) is 4.42. The highest BCUT2D eigenvalue weighted by Crippen LogP contribution is 2.37. The zero-order valence-electron chi connectivity index (χ0n) is 14.8. The lowest BCUT2D eigenvalue weighted by Gasteiger charge is -2.06. The number of hydrogen-bond donors (Lipinski definition) is 0. The summed E-state index contributed by atoms with van der Waals surface area (Å²) in [6.45, 7) is 0. The molecule has 0 fully saturated rings. The molecule has 0 aliphatic heterocycles. The van der Waals surface area contributed by atoms with Crippen molar-refractivity contribution in [1.82, 2.24) is 19.5 Å². The average molecular weight is 362 g/mol. The molecule has 0 radical (unpaired) electrons. The summed E-state index contributed by atoms with van der Waals surface area (Å²) in [6, 6.07) is 23.9. The third kappa shape index (κ3) is 2.10. The molecule has 6 rings (SSSR count). The first kappa shape index (κ1) is 15.1. The van der Waals surface area contributed by atoms with Crippen molar-refractivity contribution in [2.75, 3.05) is 0 Å². The largest absolute Gasteiger partial charge is 0.439 e. The van der Waals surface area contributed by atoms with Crippen LogP contribution < -0.4 is 0 Å². The molecule has 0 spiro atoms. The number of hydrogen-bond acceptors (Lipinski definition) is 4. The lowest BCUT2D eigenvalue weighted by Crippen LogP contribution is -1.99. The molecule has 2 aromatic carbocycles. The van der Waals surface area contributed by atoms with E-state index in [4.69, 9.17) is 9.40 Å². The monoisotopic (exact) mass is 362 g/mol. The lowest BCUT2D eigenvalue weighted by atomic mass is 10.2. The van der Waals surface area contributed by atoms with Crippen molar-refractivity contribution in [3.63, 3.8) is 0 Å². The molecule has 5 heteroatoms. The Balaban J connectivity index is 1.70. The van der Waals surface area contributed by atoms with Crippen LogP contribution in [0.4, 0.5) is 0 Å². The van der Waals surface area contributed by atoms with Gasteiger partial charge in [0.15, 0.2) is 5.82 Å². The third-order valence-corrected chi connectivity index (χ3v) is 4.95. The Hall–Kier alpha value is -3.99. The topological polar surface area (TPSA) is 56.7 Å². The molecule has 28 heavy (non-hydrogen) atoms. The molecule has 132 valence electrons. The van der Waals surface area contributed by atoms with Gasteiger partial charge in [0.1, 0.15) is 16.9 Å². The number of pyridine rings is 1. The maximum atomic E-state index is 6.23. The van der Waals surface area contributed by atoms with Crippen molar-refractivity contribution in [2.24, 2.45) is 0 Å². The molecule has 4 aromatic heterocycles. The van der Waals surface area contributed by atoms with E-state index in [0.717, 1.165) is 44.5 Å². The van der Waals surface area contributed by atoms with E-state index < -0.39 is 0 Å². The smallest absolute Gasteiger partial charge is 0.216 e. The first-order valence-corrected chi connectivity index (χ1v) is 9.06. The normalized spacial score (nSPS) is 11.6. The highest BCUT2D eigenvalue weighted by atomic mass is 16.3. The van der Waals surface area contributed by atoms with E-state index in [9.17, 15) is 0 Å². The molecule has 0 saturated carbocycles. The quantitative estimate of drug-likeness (QED) is 0.415. The molecule has 0 aliphatic rings. The van der Waals surface area contributed by atoms with Gasteiger partial charge in [0.05, 0.1) is 10.9 Å². The van der Waals surface area contributed by atoms with Gasteiger partial charge in [0.2, 0.25) is 5.71 Å². The van der Waals surface area contributed by atoms with Crippen LogP contribution in [0.5, 0.6) is 0 Å². The Morgan fingerprint density at radius 1 is 0.750 bits per heavy atom. The predicted octanol–water partition coefficient (Wildman–Crippen LogP) is 5.38. The minimum Gasteiger partial charge on any atom is -0.439 e. The van der Waals surface area contributed by atoms with Crippen LogP contribution in [-0.2, 0) is 0 Å². The number of benzene rings is 2. The van der Waals surface area contributed by atoms with Gasteiger partial charge in [0.25, 0.3) is 0 Å². The van der Waals surface area contributed by atoms with E-state index in [-0.39, 0.29) is 0 Å². The molecule has 0 amide bonds. The van der Waals surface area contributed by atoms with Crippen molar-refractivity contribution < 1.29 is 4.42 Å². The van der Waals surface area contributed by atoms with Crippen LogP contribution >= 0.6 is 0 Å². The summed E-state index contributed by atoms with van der Waals surface area (Å²) in [4.78, 5) is 13.9. The van der Waals surface area contributed by atoms with Crippen LogP contribution in [0.3, 0.4) is 0 Å². The van der Waals surface area contributed by atoms with Crippen LogP contribution in [-0.4, -0.2) is 19.5 Å². The van der Waals surface area contributed by atoms with Crippen molar-refractivity contribution in [2.45, 2.75) is 0 Å². The van der Waals surface area contributed by atoms with Crippen LogP contribution in [0, 0.1) is 0 Å². The van der Waals surface area contributed by atoms with Crippen molar-refractivity contribution in [3.8, 4) is 17.2 Å². The standard InChI is InChI=1S/C23H14N4O/c1-2-7-15(8-3-1)22-25-14-12-19(26-22)27-17-10-6-13-24-21(17)20-16-9-4-5-11-18(16)28-23(20)27/h1-14H. The molecule has 0 saturated heterocycles. The Kier molecular flexibility index (Phi) is 3.10. The van der Waals surface area contributed by atoms with Gasteiger partial charge >= 0.3 is 0 Å². The molecule has 6 aromatic rings. The van der Waals surface area contributed by atoms with Gasteiger partial charge in [-0.05, 0) is 24.3 Å². The fraction of sp³-hybridized carbons (Fsp3) is 0. The number of rotatable bonds is 2. The number of para-hydroxylation sites is 1. The Morgan fingerprint density at radius 2 is 1.61 bits per heavy atom. The second-order valence-electron chi connectivity index (χ2n) is 6.59. The van der Waals surface area contributed by atoms with Crippen molar-refractivity contribution >= 4 is 33.1 Å². The molecule has 0 aliphatic carbocycles. The molecule has 4 heterocycles. The molecule has 0 atom stereocenters. The van der Waals surface area contributed by atoms with Gasteiger partial charge in [-0.25, -0.2) is 9.97 Å². The maximum absolute atomic E-state index is 6.23. The summed E-state index contributed by atoms with van der Waals surface area (Å²) >= 11 is 0. The summed E-state index contributed by atoms with van der Waals surface area (Å²) < 4.78 is 8.25. The maximum Gasteiger partial charge on any atom is 0.216 e. The fourth-order valence-electron chi connectivity index (χ4n) is 3.73. The zero-order chi connectivity index (χ0) is 18.5. The van der Waals surface area contributed by atoms with Gasteiger partial charge in [-0.3, -0.25) is 9.55 Å². The van der Waals surface area contributed by atoms with Crippen molar-refractivity contribution in [1.29, 1.82) is 0 Å². The van der Waals surface area contributed by atoms with Crippen LogP contribution in [0.15, 0.2) is 89.6 Å². The number of furan rings is 1. The molecule has 0 unspecified atom stereocenters. The van der Waals surface area contributed by atoms with E-state index in [2.05, 4.69) is 16.0 Å². The minimum absolute atomic E-state index is 0.674. The van der Waals surface area contributed by atoms with Gasteiger partial charge in [-0.2, -0.15) is 0 Å². The fourth-order valence-corrected chi connectivity index (χ4v) is 3.73. The summed E-state index contributed by atoms with van der Waals surface area (Å²) in [7, 11) is 0. The first-order chi connectivity index (χ1) is 13.9. The SMILES string of the molecule is c1ccc(-c2nccc(-n3c4cccnc4c4c5ccccc5oc43)n2)cc1. The van der Waals surface area contributed by atoms with Gasteiger partial charge < -0.3 is 4.42 Å². The summed E-state index contributed by atoms with van der Waals surface area (Å²) in [5, 5.41) is 2.06. The Bertz CT molecular complexity index is 1460. The van der Waals surface area contributed by atoms with Crippen LogP contribution in [0.1, 0.15) is 0 Å². The third-order valence-electron chi connectivity index (χ3n) is 4.95. The van der Waals surface area contributed by atoms with E-state index in [1.807, 2.05) is 77.5 Å². The number of fused-ring (bicyclic) bond motifs is 5. The second kappa shape index (κ2) is 5.76. The van der Waals surface area contributed by atoms with E-state index in [1.54, 1.807) is 6.20 Å². The average Bonchev–Trinajstić information content (AvgIpc) is 3.29. The highest BCUT2D eigenvalue weighted by Gasteiger charge is 2.20. The predicted molar refractivity (Wildman–Crippen MR) is 109 cm³/mol. The molecule has 0 bridgehead atoms. The highest BCUT2D eigenvalue weighted by molar-refractivity contribution is 6.18. The summed E-state index contributed by atoms with van der Waals surface area (Å²) in [5.74, 6) is 1.43. The number of nitrogens with zero attached hydrogens (tertiary/aromatic N) is 4. The van der Waals surface area contributed by atoms with Gasteiger partial charge in [0, 0.05) is 23.3 Å². The first-order valence-electron chi connectivity index (χ1n) is 9.06. The molecule has 5 nitrogen and oxygen atoms in total. The molecular weight excluding hydrogens is 348 g/mol. The van der Waals surface area contributed by atoms with Crippen molar-refractivity contribution in [3.05, 3.63) is 85.2 Å². The van der Waals surface area contributed by atoms with E-state index in [0.29, 0.717) is 5.82 Å². The van der Waals surface area contributed by atoms with E-state index >= 15 is 0 Å². The van der Waals surface area contributed by atoms with Crippen LogP contribution in [0.2, 0.25) is 0 Å². The lowest BCUT2D eigenvalue weighted by molar-refractivity contribution is 0.643. The Labute approximate surface area is 159 Å². The second-order valence-corrected chi connectivity index (χ2v) is 6.59. The number of aromatic nitrogens is 4. The van der Waals surface area contributed by atoms with E-state index in [1.165, 1.54) is 0 Å². The minimum atomic E-state index is 0.674. The van der Waals surface area contributed by atoms with Gasteiger partial charge in [-0.15, -0.1) is 0 Å². The summed E-state index contributed by atoms with van der Waals surface area (Å²) in [6.07, 6.45) is 3.59. The van der Waals surface area contributed by atoms with Gasteiger partial charge in [-0.1, -0.05) is 48.5 Å². The molecular formula is C23H14N4O. The zero-order valence-corrected chi connectivity index (χ0v) is 14.8. The molecule has 0 N–H and O–H groups in total. The Morgan fingerprint density at radius 3 is 2.54 bits per heavy atom.